The Labute approximate surface area is 187 Å². The number of phenolic OH excluding ortho intramolecular Hbond substituents is 1. The summed E-state index contributed by atoms with van der Waals surface area (Å²) in [5.74, 6) is -0.361. The monoisotopic (exact) mass is 461 g/mol. The van der Waals surface area contributed by atoms with Gasteiger partial charge in [0, 0.05) is 41.3 Å². The van der Waals surface area contributed by atoms with Crippen LogP contribution in [0, 0.1) is 0 Å². The predicted octanol–water partition coefficient (Wildman–Crippen LogP) is 3.51. The predicted molar refractivity (Wildman–Crippen MR) is 115 cm³/mol. The minimum absolute atomic E-state index is 0.0290. The number of pyridine rings is 1. The van der Waals surface area contributed by atoms with Crippen LogP contribution in [0.15, 0.2) is 36.7 Å². The number of esters is 1. The maximum absolute atomic E-state index is 13.0. The molecule has 0 saturated carbocycles. The summed E-state index contributed by atoms with van der Waals surface area (Å²) in [4.78, 5) is 16.0. The number of anilines is 1. The second-order valence-corrected chi connectivity index (χ2v) is 7.68. The standard InChI is InChI=1S/C22H22F3N5O3/c1-2-33-21(32)17-6-4-13(10-27-17)28-20-16-11-26-8-7-14(16)19(29-30-20)15-5-3-12(9-18(15)31)22(23,24)25/h3,5,7-9,11,13,17,27,31H,2,4,6,10H2,1H3,(H,28,30)/t13-,17+/m1/s1. The summed E-state index contributed by atoms with van der Waals surface area (Å²) in [6.07, 6.45) is -0.167. The number of hydrogen-bond acceptors (Lipinski definition) is 8. The number of benzene rings is 1. The number of aromatic hydroxyl groups is 1. The van der Waals surface area contributed by atoms with Gasteiger partial charge in [-0.2, -0.15) is 13.2 Å². The minimum Gasteiger partial charge on any atom is -0.507 e. The van der Waals surface area contributed by atoms with E-state index in [2.05, 4.69) is 25.8 Å². The van der Waals surface area contributed by atoms with E-state index in [0.29, 0.717) is 48.6 Å². The minimum atomic E-state index is -4.57. The first kappa shape index (κ1) is 22.7. The maximum Gasteiger partial charge on any atom is 0.416 e. The van der Waals surface area contributed by atoms with Gasteiger partial charge in [0.15, 0.2) is 5.82 Å². The van der Waals surface area contributed by atoms with Crippen LogP contribution in [0.2, 0.25) is 0 Å². The molecule has 2 aromatic heterocycles. The third-order valence-electron chi connectivity index (χ3n) is 5.49. The van der Waals surface area contributed by atoms with Crippen molar-refractivity contribution in [3.63, 3.8) is 0 Å². The summed E-state index contributed by atoms with van der Waals surface area (Å²) in [5.41, 5.74) is -0.574. The van der Waals surface area contributed by atoms with Crippen molar-refractivity contribution >= 4 is 22.6 Å². The smallest absolute Gasteiger partial charge is 0.416 e. The number of hydrogen-bond donors (Lipinski definition) is 3. The first-order valence-electron chi connectivity index (χ1n) is 10.5. The quantitative estimate of drug-likeness (QED) is 0.496. The number of piperidine rings is 1. The van der Waals surface area contributed by atoms with Gasteiger partial charge in [0.1, 0.15) is 17.5 Å². The van der Waals surface area contributed by atoms with Crippen LogP contribution in [0.1, 0.15) is 25.3 Å². The number of fused-ring (bicyclic) bond motifs is 1. The van der Waals surface area contributed by atoms with E-state index in [1.165, 1.54) is 12.3 Å². The van der Waals surface area contributed by atoms with Crippen LogP contribution in [0.5, 0.6) is 5.75 Å². The number of alkyl halides is 3. The van der Waals surface area contributed by atoms with Gasteiger partial charge < -0.3 is 20.5 Å². The molecule has 33 heavy (non-hydrogen) atoms. The largest absolute Gasteiger partial charge is 0.507 e. The Kier molecular flexibility index (Phi) is 6.32. The summed E-state index contributed by atoms with van der Waals surface area (Å²) < 4.78 is 43.9. The van der Waals surface area contributed by atoms with Crippen LogP contribution in [-0.4, -0.2) is 51.5 Å². The Morgan fingerprint density at radius 3 is 2.73 bits per heavy atom. The van der Waals surface area contributed by atoms with Gasteiger partial charge in [-0.05, 0) is 44.0 Å². The van der Waals surface area contributed by atoms with Crippen LogP contribution >= 0.6 is 0 Å². The fourth-order valence-electron chi connectivity index (χ4n) is 3.83. The average Bonchev–Trinajstić information content (AvgIpc) is 2.79. The van der Waals surface area contributed by atoms with Crippen molar-refractivity contribution in [2.24, 2.45) is 0 Å². The molecule has 0 amide bonds. The third kappa shape index (κ3) is 4.82. The number of halogens is 3. The van der Waals surface area contributed by atoms with Gasteiger partial charge in [-0.3, -0.25) is 9.78 Å². The highest BCUT2D eigenvalue weighted by Gasteiger charge is 2.32. The molecule has 1 aliphatic rings. The molecule has 11 heteroatoms. The van der Waals surface area contributed by atoms with E-state index < -0.39 is 17.5 Å². The van der Waals surface area contributed by atoms with Crippen molar-refractivity contribution in [1.82, 2.24) is 20.5 Å². The number of ether oxygens (including phenoxy) is 1. The van der Waals surface area contributed by atoms with Gasteiger partial charge in [0.2, 0.25) is 0 Å². The van der Waals surface area contributed by atoms with E-state index in [0.717, 1.165) is 6.07 Å². The van der Waals surface area contributed by atoms with Crippen molar-refractivity contribution in [1.29, 1.82) is 0 Å². The highest BCUT2D eigenvalue weighted by molar-refractivity contribution is 6.00. The second-order valence-electron chi connectivity index (χ2n) is 7.68. The Hall–Kier alpha value is -3.47. The van der Waals surface area contributed by atoms with Crippen LogP contribution in [-0.2, 0) is 15.7 Å². The first-order valence-corrected chi connectivity index (χ1v) is 10.5. The van der Waals surface area contributed by atoms with E-state index in [1.807, 2.05) is 0 Å². The Morgan fingerprint density at radius 1 is 1.24 bits per heavy atom. The van der Waals surface area contributed by atoms with Crippen molar-refractivity contribution in [2.75, 3.05) is 18.5 Å². The maximum atomic E-state index is 13.0. The fourth-order valence-corrected chi connectivity index (χ4v) is 3.83. The molecule has 0 bridgehead atoms. The highest BCUT2D eigenvalue weighted by Crippen LogP contribution is 2.38. The third-order valence-corrected chi connectivity index (χ3v) is 5.49. The Balaban J connectivity index is 1.59. The molecule has 0 unspecified atom stereocenters. The fraction of sp³-hybridized carbons (Fsp3) is 0.364. The summed E-state index contributed by atoms with van der Waals surface area (Å²) >= 11 is 0. The number of carbonyl (C=O) groups is 1. The number of phenols is 1. The average molecular weight is 461 g/mol. The van der Waals surface area contributed by atoms with Gasteiger partial charge in [-0.15, -0.1) is 10.2 Å². The van der Waals surface area contributed by atoms with Gasteiger partial charge in [-0.25, -0.2) is 0 Å². The van der Waals surface area contributed by atoms with Crippen LogP contribution < -0.4 is 10.6 Å². The molecule has 1 aliphatic heterocycles. The van der Waals surface area contributed by atoms with Crippen molar-refractivity contribution in [3.05, 3.63) is 42.2 Å². The van der Waals surface area contributed by atoms with Gasteiger partial charge in [0.05, 0.1) is 12.2 Å². The van der Waals surface area contributed by atoms with Crippen LogP contribution in [0.3, 0.4) is 0 Å². The number of carbonyl (C=O) groups excluding carboxylic acids is 1. The molecular weight excluding hydrogens is 439 g/mol. The molecule has 0 spiro atoms. The molecule has 3 aromatic rings. The summed E-state index contributed by atoms with van der Waals surface area (Å²) in [7, 11) is 0. The summed E-state index contributed by atoms with van der Waals surface area (Å²) in [6.45, 7) is 2.60. The molecule has 3 heterocycles. The van der Waals surface area contributed by atoms with Gasteiger partial charge in [-0.1, -0.05) is 0 Å². The Morgan fingerprint density at radius 2 is 2.06 bits per heavy atom. The van der Waals surface area contributed by atoms with E-state index in [9.17, 15) is 23.1 Å². The zero-order valence-electron chi connectivity index (χ0n) is 17.7. The molecule has 174 valence electrons. The van der Waals surface area contributed by atoms with Gasteiger partial charge >= 0.3 is 12.1 Å². The lowest BCUT2D eigenvalue weighted by Gasteiger charge is -2.29. The van der Waals surface area contributed by atoms with Gasteiger partial charge in [0.25, 0.3) is 0 Å². The Bertz CT molecular complexity index is 1160. The first-order chi connectivity index (χ1) is 15.8. The number of aromatic nitrogens is 3. The van der Waals surface area contributed by atoms with Crippen molar-refractivity contribution in [3.8, 4) is 17.0 Å². The molecule has 1 saturated heterocycles. The lowest BCUT2D eigenvalue weighted by atomic mass is 10.00. The van der Waals surface area contributed by atoms with Crippen LogP contribution in [0.25, 0.3) is 22.0 Å². The molecule has 1 aromatic carbocycles. The lowest BCUT2D eigenvalue weighted by Crippen LogP contribution is -2.49. The van der Waals surface area contributed by atoms with E-state index in [4.69, 9.17) is 4.74 Å². The zero-order valence-corrected chi connectivity index (χ0v) is 17.7. The zero-order chi connectivity index (χ0) is 23.6. The topological polar surface area (TPSA) is 109 Å². The van der Waals surface area contributed by atoms with Crippen molar-refractivity contribution in [2.45, 2.75) is 38.0 Å². The SMILES string of the molecule is CCOC(=O)[C@@H]1CC[C@@H](Nc2nnc(-c3ccc(C(F)(F)F)cc3O)c3ccncc23)CN1. The summed E-state index contributed by atoms with van der Waals surface area (Å²) in [5, 5.41) is 26.3. The number of nitrogens with zero attached hydrogens (tertiary/aromatic N) is 3. The molecule has 0 radical (unpaired) electrons. The summed E-state index contributed by atoms with van der Waals surface area (Å²) in [6, 6.07) is 4.02. The molecule has 3 N–H and O–H groups in total. The number of nitrogens with one attached hydrogen (secondary N) is 2. The highest BCUT2D eigenvalue weighted by atomic mass is 19.4. The molecule has 0 aliphatic carbocycles. The molecule has 4 rings (SSSR count). The van der Waals surface area contributed by atoms with E-state index >= 15 is 0 Å². The second kappa shape index (κ2) is 9.18. The normalized spacial score (nSPS) is 18.8. The van der Waals surface area contributed by atoms with E-state index in [-0.39, 0.29) is 29.3 Å². The number of rotatable bonds is 5. The molecule has 1 fully saturated rings. The lowest BCUT2D eigenvalue weighted by molar-refractivity contribution is -0.146. The van der Waals surface area contributed by atoms with Crippen molar-refractivity contribution < 1.29 is 27.8 Å². The van der Waals surface area contributed by atoms with Crippen LogP contribution in [0.4, 0.5) is 19.0 Å². The molecule has 8 nitrogen and oxygen atoms in total. The van der Waals surface area contributed by atoms with E-state index in [1.54, 1.807) is 19.2 Å². The molecular formula is C22H22F3N5O3. The molecule has 2 atom stereocenters.